The van der Waals surface area contributed by atoms with Crippen molar-refractivity contribution in [3.63, 3.8) is 0 Å². The third-order valence-electron chi connectivity index (χ3n) is 2.83. The average molecular weight is 211 g/mol. The molecule has 1 rings (SSSR count). The van der Waals surface area contributed by atoms with Crippen LogP contribution in [0.5, 0.6) is 0 Å². The highest BCUT2D eigenvalue weighted by Crippen LogP contribution is 2.18. The van der Waals surface area contributed by atoms with E-state index < -0.39 is 0 Å². The Morgan fingerprint density at radius 2 is 1.80 bits per heavy atom. The van der Waals surface area contributed by atoms with Crippen LogP contribution in [0.25, 0.3) is 0 Å². The number of unbranched alkanes of at least 4 members (excludes halogenated alkanes) is 1. The van der Waals surface area contributed by atoms with Crippen LogP contribution < -0.4 is 0 Å². The Kier molecular flexibility index (Phi) is 5.51. The second-order valence-electron chi connectivity index (χ2n) is 4.25. The molecule has 0 bridgehead atoms. The Labute approximate surface area is 94.1 Å². The molecule has 15 heavy (non-hydrogen) atoms. The molecule has 0 N–H and O–H groups in total. The maximum Gasteiger partial charge on any atom is 0.119 e. The molecule has 1 unspecified atom stereocenters. The van der Waals surface area contributed by atoms with Crippen molar-refractivity contribution in [2.24, 2.45) is 5.10 Å². The number of rotatable bonds is 7. The summed E-state index contributed by atoms with van der Waals surface area (Å²) in [5.41, 5.74) is 0. The quantitative estimate of drug-likeness (QED) is 0.645. The highest BCUT2D eigenvalue weighted by molar-refractivity contribution is 5.57. The molecule has 1 heterocycles. The van der Waals surface area contributed by atoms with Crippen LogP contribution in [0.2, 0.25) is 0 Å². The molecular weight excluding hydrogens is 186 g/mol. The lowest BCUT2D eigenvalue weighted by molar-refractivity contribution is 0.120. The van der Waals surface area contributed by atoms with Crippen molar-refractivity contribution in [3.8, 4) is 0 Å². The predicted octanol–water partition coefficient (Wildman–Crippen LogP) is 2.88. The Bertz CT molecular complexity index is 175. The van der Waals surface area contributed by atoms with Crippen LogP contribution in [0, 0.1) is 0 Å². The standard InChI is InChI=1S/C12H25N3/c1-4-7-8-12-14(9-5-2)11-13-15(12)10-6-3/h11-12H,4-10H2,1-3H3. The fourth-order valence-corrected chi connectivity index (χ4v) is 2.06. The van der Waals surface area contributed by atoms with Crippen molar-refractivity contribution in [2.75, 3.05) is 13.1 Å². The Morgan fingerprint density at radius 1 is 1.07 bits per heavy atom. The number of hydrogen-bond donors (Lipinski definition) is 0. The zero-order valence-corrected chi connectivity index (χ0v) is 10.4. The largest absolute Gasteiger partial charge is 0.339 e. The second kappa shape index (κ2) is 6.70. The summed E-state index contributed by atoms with van der Waals surface area (Å²) in [5, 5.41) is 6.75. The smallest absolute Gasteiger partial charge is 0.119 e. The fourth-order valence-electron chi connectivity index (χ4n) is 2.06. The molecule has 0 spiro atoms. The lowest BCUT2D eigenvalue weighted by Gasteiger charge is -2.30. The van der Waals surface area contributed by atoms with E-state index in [1.54, 1.807) is 0 Å². The van der Waals surface area contributed by atoms with E-state index in [0.29, 0.717) is 6.17 Å². The van der Waals surface area contributed by atoms with Gasteiger partial charge in [0.1, 0.15) is 12.5 Å². The average Bonchev–Trinajstić information content (AvgIpc) is 2.60. The molecule has 0 aliphatic carbocycles. The zero-order valence-electron chi connectivity index (χ0n) is 10.4. The van der Waals surface area contributed by atoms with Crippen molar-refractivity contribution in [1.82, 2.24) is 9.91 Å². The van der Waals surface area contributed by atoms with E-state index in [1.807, 2.05) is 6.34 Å². The van der Waals surface area contributed by atoms with Gasteiger partial charge in [-0.3, -0.25) is 5.01 Å². The Balaban J connectivity index is 2.47. The number of hydrogen-bond acceptors (Lipinski definition) is 3. The van der Waals surface area contributed by atoms with Crippen molar-refractivity contribution in [3.05, 3.63) is 0 Å². The normalized spacial score (nSPS) is 20.3. The van der Waals surface area contributed by atoms with Gasteiger partial charge in [-0.25, -0.2) is 0 Å². The van der Waals surface area contributed by atoms with Gasteiger partial charge in [-0.15, -0.1) is 0 Å². The molecule has 0 saturated heterocycles. The van der Waals surface area contributed by atoms with Crippen LogP contribution in [-0.4, -0.2) is 35.5 Å². The van der Waals surface area contributed by atoms with Crippen molar-refractivity contribution in [1.29, 1.82) is 0 Å². The lowest BCUT2D eigenvalue weighted by atomic mass is 10.2. The summed E-state index contributed by atoms with van der Waals surface area (Å²) in [6.45, 7) is 8.93. The summed E-state index contributed by atoms with van der Waals surface area (Å²) in [6.07, 6.45) is 8.76. The van der Waals surface area contributed by atoms with Gasteiger partial charge in [0.15, 0.2) is 0 Å². The van der Waals surface area contributed by atoms with Gasteiger partial charge in [0.25, 0.3) is 0 Å². The summed E-state index contributed by atoms with van der Waals surface area (Å²) < 4.78 is 0. The number of nitrogens with zero attached hydrogens (tertiary/aromatic N) is 3. The van der Waals surface area contributed by atoms with Crippen molar-refractivity contribution >= 4 is 6.34 Å². The van der Waals surface area contributed by atoms with Gasteiger partial charge in [-0.1, -0.05) is 27.2 Å². The molecule has 1 atom stereocenters. The molecule has 88 valence electrons. The summed E-state index contributed by atoms with van der Waals surface area (Å²) in [4.78, 5) is 2.39. The Morgan fingerprint density at radius 3 is 2.40 bits per heavy atom. The first-order valence-electron chi connectivity index (χ1n) is 6.39. The van der Waals surface area contributed by atoms with E-state index >= 15 is 0 Å². The molecule has 0 saturated carbocycles. The minimum absolute atomic E-state index is 0.532. The van der Waals surface area contributed by atoms with Crippen molar-refractivity contribution in [2.45, 2.75) is 59.0 Å². The summed E-state index contributed by atoms with van der Waals surface area (Å²) in [5.74, 6) is 0. The highest BCUT2D eigenvalue weighted by atomic mass is 15.6. The van der Waals surface area contributed by atoms with E-state index in [0.717, 1.165) is 13.1 Å². The monoisotopic (exact) mass is 211 g/mol. The maximum atomic E-state index is 4.49. The fraction of sp³-hybridized carbons (Fsp3) is 0.917. The summed E-state index contributed by atoms with van der Waals surface area (Å²) >= 11 is 0. The minimum Gasteiger partial charge on any atom is -0.339 e. The first-order chi connectivity index (χ1) is 7.33. The topological polar surface area (TPSA) is 18.8 Å². The van der Waals surface area contributed by atoms with Crippen molar-refractivity contribution < 1.29 is 0 Å². The molecular formula is C12H25N3. The minimum atomic E-state index is 0.532. The highest BCUT2D eigenvalue weighted by Gasteiger charge is 2.25. The first-order valence-corrected chi connectivity index (χ1v) is 6.39. The third kappa shape index (κ3) is 3.40. The molecule has 3 nitrogen and oxygen atoms in total. The van der Waals surface area contributed by atoms with Gasteiger partial charge >= 0.3 is 0 Å². The molecule has 1 aliphatic heterocycles. The van der Waals surface area contributed by atoms with Gasteiger partial charge in [0.2, 0.25) is 0 Å². The molecule has 0 fully saturated rings. The second-order valence-corrected chi connectivity index (χ2v) is 4.25. The van der Waals surface area contributed by atoms with Gasteiger partial charge in [-0.05, 0) is 25.7 Å². The van der Waals surface area contributed by atoms with Gasteiger partial charge in [0, 0.05) is 13.1 Å². The molecule has 3 heteroatoms. The molecule has 0 aromatic carbocycles. The van der Waals surface area contributed by atoms with Crippen LogP contribution >= 0.6 is 0 Å². The number of hydrazone groups is 1. The molecule has 0 radical (unpaired) electrons. The van der Waals surface area contributed by atoms with E-state index in [9.17, 15) is 0 Å². The van der Waals surface area contributed by atoms with E-state index in [4.69, 9.17) is 0 Å². The van der Waals surface area contributed by atoms with Crippen LogP contribution in [0.1, 0.15) is 52.9 Å². The molecule has 0 aromatic rings. The maximum absolute atomic E-state index is 4.49. The summed E-state index contributed by atoms with van der Waals surface area (Å²) in [6, 6.07) is 0. The summed E-state index contributed by atoms with van der Waals surface area (Å²) in [7, 11) is 0. The van der Waals surface area contributed by atoms with Gasteiger partial charge in [0.05, 0.1) is 0 Å². The van der Waals surface area contributed by atoms with Crippen LogP contribution in [0.15, 0.2) is 5.10 Å². The van der Waals surface area contributed by atoms with Crippen LogP contribution in [0.3, 0.4) is 0 Å². The van der Waals surface area contributed by atoms with E-state index in [-0.39, 0.29) is 0 Å². The SMILES string of the molecule is CCCCC1N(CCC)C=NN1CCC. The molecule has 0 aromatic heterocycles. The lowest BCUT2D eigenvalue weighted by Crippen LogP contribution is -2.40. The van der Waals surface area contributed by atoms with Gasteiger partial charge < -0.3 is 4.90 Å². The van der Waals surface area contributed by atoms with E-state index in [1.165, 1.54) is 32.1 Å². The molecule has 1 aliphatic rings. The Hall–Kier alpha value is -0.730. The van der Waals surface area contributed by atoms with Gasteiger partial charge in [-0.2, -0.15) is 5.10 Å². The van der Waals surface area contributed by atoms with Crippen LogP contribution in [-0.2, 0) is 0 Å². The first kappa shape index (κ1) is 12.3. The van der Waals surface area contributed by atoms with E-state index in [2.05, 4.69) is 35.8 Å². The third-order valence-corrected chi connectivity index (χ3v) is 2.83. The predicted molar refractivity (Wildman–Crippen MR) is 65.8 cm³/mol. The zero-order chi connectivity index (χ0) is 11.1. The van der Waals surface area contributed by atoms with Crippen LogP contribution in [0.4, 0.5) is 0 Å². The molecule has 0 amide bonds.